The molecule has 2 heterocycles. The van der Waals surface area contributed by atoms with Crippen molar-refractivity contribution in [1.29, 1.82) is 0 Å². The van der Waals surface area contributed by atoms with Crippen molar-refractivity contribution >= 4 is 56.1 Å². The molecular weight excluding hydrogens is 621 g/mol. The van der Waals surface area contributed by atoms with Crippen LogP contribution < -0.4 is 4.90 Å². The van der Waals surface area contributed by atoms with Crippen molar-refractivity contribution in [3.63, 3.8) is 0 Å². The number of carbonyl (C=O) groups is 2. The second-order valence-corrected chi connectivity index (χ2v) is 14.4. The first kappa shape index (κ1) is 30.2. The van der Waals surface area contributed by atoms with Gasteiger partial charge < -0.3 is 4.90 Å². The first-order valence-electron chi connectivity index (χ1n) is 15.9. The molecule has 1 aromatic heterocycles. The lowest BCUT2D eigenvalue weighted by Crippen LogP contribution is -2.29. The Kier molecular flexibility index (Phi) is 6.70. The Morgan fingerprint density at radius 2 is 1.33 bits per heavy atom. The van der Waals surface area contributed by atoms with Gasteiger partial charge in [-0.2, -0.15) is 0 Å². The molecule has 0 saturated carbocycles. The number of hydrogen-bond acceptors (Lipinski definition) is 4. The van der Waals surface area contributed by atoms with Crippen LogP contribution in [0.2, 0.25) is 0 Å². The number of halogens is 2. The summed E-state index contributed by atoms with van der Waals surface area (Å²) in [6.07, 6.45) is 1.50. The van der Waals surface area contributed by atoms with Gasteiger partial charge in [0.1, 0.15) is 16.6 Å². The summed E-state index contributed by atoms with van der Waals surface area (Å²) in [6, 6.07) is 29.4. The maximum absolute atomic E-state index is 14.7. The molecule has 0 bridgehead atoms. The topological polar surface area (TPSA) is 37.4 Å². The Bertz CT molecular complexity index is 2360. The highest BCUT2D eigenvalue weighted by Crippen LogP contribution is 2.57. The van der Waals surface area contributed by atoms with E-state index in [0.717, 1.165) is 56.0 Å². The molecule has 48 heavy (non-hydrogen) atoms. The number of thiophene rings is 1. The number of hydrogen-bond donors (Lipinski definition) is 0. The number of carbonyl (C=O) groups excluding carboxylic acids is 2. The van der Waals surface area contributed by atoms with Crippen LogP contribution in [-0.2, 0) is 5.41 Å². The van der Waals surface area contributed by atoms with E-state index in [0.29, 0.717) is 4.88 Å². The number of fused-ring (bicyclic) bond motifs is 4. The first-order valence-corrected chi connectivity index (χ1v) is 16.7. The average molecular weight is 652 g/mol. The summed E-state index contributed by atoms with van der Waals surface area (Å²) in [6.45, 7) is 10.8. The zero-order chi connectivity index (χ0) is 33.6. The number of Topliss-reactive ketones (excluding diaryl/α,β-unsaturated/α-hetero) is 2. The number of ketones is 2. The van der Waals surface area contributed by atoms with Gasteiger partial charge in [0.15, 0.2) is 0 Å². The highest BCUT2D eigenvalue weighted by Gasteiger charge is 2.41. The molecule has 1 aliphatic carbocycles. The highest BCUT2D eigenvalue weighted by molar-refractivity contribution is 7.17. The molecular formula is C42H31F2NO2S. The molecule has 6 heteroatoms. The Labute approximate surface area is 281 Å². The second kappa shape index (κ2) is 10.7. The zero-order valence-corrected chi connectivity index (χ0v) is 28.0. The molecule has 5 aromatic carbocycles. The molecule has 0 amide bonds. The van der Waals surface area contributed by atoms with Gasteiger partial charge in [0.25, 0.3) is 0 Å². The monoisotopic (exact) mass is 651 g/mol. The lowest BCUT2D eigenvalue weighted by molar-refractivity contribution is 0.0989. The zero-order valence-electron chi connectivity index (χ0n) is 27.2. The standard InChI is InChI=1S/C42H31F2NO2S/c1-22-17-23(2)36(24(3)18-22)26-13-16-35-30(19-26)42(4,5)31-21-27(20-29-39(46)37-32(43)14-15-33(44)38(37)40(29)47)48-41(31)45(35)34-12-8-10-25-9-6-7-11-28(25)34/h6-21H,1-5H3. The van der Waals surface area contributed by atoms with Crippen molar-refractivity contribution in [2.75, 3.05) is 4.90 Å². The number of rotatable bonds is 3. The first-order chi connectivity index (χ1) is 23.0. The Morgan fingerprint density at radius 1 is 0.688 bits per heavy atom. The maximum atomic E-state index is 14.7. The molecule has 3 nitrogen and oxygen atoms in total. The molecule has 0 radical (unpaired) electrons. The van der Waals surface area contributed by atoms with Crippen LogP contribution in [0.4, 0.5) is 25.2 Å². The molecule has 2 aliphatic rings. The lowest BCUT2D eigenvalue weighted by Gasteiger charge is -2.40. The minimum absolute atomic E-state index is 0.229. The van der Waals surface area contributed by atoms with Crippen LogP contribution in [0.5, 0.6) is 0 Å². The fraction of sp³-hybridized carbons (Fsp3) is 0.143. The van der Waals surface area contributed by atoms with Gasteiger partial charge in [-0.25, -0.2) is 8.78 Å². The summed E-state index contributed by atoms with van der Waals surface area (Å²) in [7, 11) is 0. The van der Waals surface area contributed by atoms with E-state index in [1.165, 1.54) is 39.7 Å². The van der Waals surface area contributed by atoms with E-state index >= 15 is 0 Å². The van der Waals surface area contributed by atoms with Gasteiger partial charge in [0.2, 0.25) is 11.6 Å². The molecule has 0 fully saturated rings. The van der Waals surface area contributed by atoms with Gasteiger partial charge in [-0.05, 0) is 102 Å². The molecule has 0 N–H and O–H groups in total. The third kappa shape index (κ3) is 4.36. The predicted octanol–water partition coefficient (Wildman–Crippen LogP) is 11.3. The third-order valence-corrected chi connectivity index (χ3v) is 10.9. The summed E-state index contributed by atoms with van der Waals surface area (Å²) >= 11 is 1.46. The largest absolute Gasteiger partial charge is 0.301 e. The van der Waals surface area contributed by atoms with Gasteiger partial charge in [-0.3, -0.25) is 9.59 Å². The minimum Gasteiger partial charge on any atom is -0.301 e. The number of anilines is 3. The minimum atomic E-state index is -0.896. The van der Waals surface area contributed by atoms with E-state index in [2.05, 4.69) is 100 Å². The number of allylic oxidation sites excluding steroid dienone is 1. The highest BCUT2D eigenvalue weighted by atomic mass is 32.1. The average Bonchev–Trinajstić information content (AvgIpc) is 3.59. The summed E-state index contributed by atoms with van der Waals surface area (Å²) in [5.41, 5.74) is 8.56. The second-order valence-electron chi connectivity index (χ2n) is 13.3. The van der Waals surface area contributed by atoms with Gasteiger partial charge in [0, 0.05) is 15.7 Å². The van der Waals surface area contributed by atoms with Crippen LogP contribution in [0.25, 0.3) is 28.0 Å². The van der Waals surface area contributed by atoms with Crippen molar-refractivity contribution < 1.29 is 18.4 Å². The molecule has 1 aliphatic heterocycles. The Hall–Kier alpha value is -5.20. The molecule has 0 atom stereocenters. The molecule has 6 aromatic rings. The van der Waals surface area contributed by atoms with Crippen LogP contribution in [-0.4, -0.2) is 11.6 Å². The summed E-state index contributed by atoms with van der Waals surface area (Å²) < 4.78 is 29.3. The van der Waals surface area contributed by atoms with Gasteiger partial charge in [-0.1, -0.05) is 74.0 Å². The van der Waals surface area contributed by atoms with Crippen molar-refractivity contribution in [2.24, 2.45) is 0 Å². The van der Waals surface area contributed by atoms with Gasteiger partial charge in [0.05, 0.1) is 28.1 Å². The summed E-state index contributed by atoms with van der Waals surface area (Å²) in [5.74, 6) is -3.38. The van der Waals surface area contributed by atoms with E-state index in [1.807, 2.05) is 18.2 Å². The molecule has 8 rings (SSSR count). The molecule has 0 unspecified atom stereocenters. The van der Waals surface area contributed by atoms with Gasteiger partial charge >= 0.3 is 0 Å². The van der Waals surface area contributed by atoms with Crippen molar-refractivity contribution in [3.8, 4) is 11.1 Å². The van der Waals surface area contributed by atoms with E-state index in [4.69, 9.17) is 0 Å². The maximum Gasteiger partial charge on any atom is 0.200 e. The normalized spacial score (nSPS) is 14.7. The number of aryl methyl sites for hydroxylation is 3. The number of nitrogens with zero attached hydrogens (tertiary/aromatic N) is 1. The van der Waals surface area contributed by atoms with Gasteiger partial charge in [-0.15, -0.1) is 11.3 Å². The fourth-order valence-corrected chi connectivity index (χ4v) is 8.93. The van der Waals surface area contributed by atoms with Crippen LogP contribution in [0.15, 0.2) is 96.6 Å². The molecule has 0 saturated heterocycles. The Balaban J connectivity index is 1.35. The predicted molar refractivity (Wildman–Crippen MR) is 191 cm³/mol. The van der Waals surface area contributed by atoms with E-state index in [-0.39, 0.29) is 5.57 Å². The van der Waals surface area contributed by atoms with E-state index in [1.54, 1.807) is 0 Å². The van der Waals surface area contributed by atoms with E-state index in [9.17, 15) is 18.4 Å². The molecule has 0 spiro atoms. The van der Waals surface area contributed by atoms with Crippen LogP contribution in [0, 0.1) is 32.4 Å². The number of benzene rings is 5. The smallest absolute Gasteiger partial charge is 0.200 e. The lowest BCUT2D eigenvalue weighted by atomic mass is 9.74. The van der Waals surface area contributed by atoms with Crippen molar-refractivity contribution in [1.82, 2.24) is 0 Å². The van der Waals surface area contributed by atoms with Crippen LogP contribution in [0.1, 0.15) is 67.3 Å². The summed E-state index contributed by atoms with van der Waals surface area (Å²) in [4.78, 5) is 29.6. The van der Waals surface area contributed by atoms with E-state index < -0.39 is 39.7 Å². The molecule has 236 valence electrons. The quantitative estimate of drug-likeness (QED) is 0.141. The third-order valence-electron chi connectivity index (χ3n) is 9.83. The fourth-order valence-electron chi connectivity index (χ4n) is 7.65. The van der Waals surface area contributed by atoms with Crippen LogP contribution in [0.3, 0.4) is 0 Å². The van der Waals surface area contributed by atoms with Crippen molar-refractivity contribution in [2.45, 2.75) is 40.0 Å². The van der Waals surface area contributed by atoms with Crippen molar-refractivity contribution in [3.05, 3.63) is 152 Å². The Morgan fingerprint density at radius 3 is 2.02 bits per heavy atom. The van der Waals surface area contributed by atoms with Crippen LogP contribution >= 0.6 is 11.3 Å². The summed E-state index contributed by atoms with van der Waals surface area (Å²) in [5, 5.41) is 3.15. The SMILES string of the molecule is Cc1cc(C)c(-c2ccc3c(c2)C(C)(C)c2cc(C=C4C(=O)c5c(F)ccc(F)c5C4=O)sc2N3c2cccc3ccccc23)c(C)c1.